The maximum atomic E-state index is 9.51. The summed E-state index contributed by atoms with van der Waals surface area (Å²) in [4.78, 5) is 6.64. The first-order chi connectivity index (χ1) is 9.25. The molecule has 3 nitrogen and oxygen atoms in total. The van der Waals surface area contributed by atoms with Crippen LogP contribution in [-0.2, 0) is 6.42 Å². The molecule has 0 saturated carbocycles. The van der Waals surface area contributed by atoms with Gasteiger partial charge in [0.2, 0.25) is 0 Å². The lowest BCUT2D eigenvalue weighted by Crippen LogP contribution is -2.24. The molecule has 1 aromatic carbocycles. The molecule has 2 heterocycles. The summed E-state index contributed by atoms with van der Waals surface area (Å²) in [5.74, 6) is 0. The summed E-state index contributed by atoms with van der Waals surface area (Å²) in [5, 5.41) is 9.51. The Hall–Kier alpha value is -1.87. The van der Waals surface area contributed by atoms with Crippen LogP contribution < -0.4 is 4.90 Å². The molecule has 2 aromatic rings. The normalized spacial score (nSPS) is 16.0. The Labute approximate surface area is 113 Å². The SMILES string of the molecule is CC(O)c1ccc(N2CCCc3ccccc32)cn1. The minimum atomic E-state index is -0.511. The number of hydrogen-bond acceptors (Lipinski definition) is 3. The van der Waals surface area contributed by atoms with E-state index in [0.29, 0.717) is 5.69 Å². The molecule has 0 bridgehead atoms. The third-order valence-electron chi connectivity index (χ3n) is 3.62. The minimum Gasteiger partial charge on any atom is -0.387 e. The van der Waals surface area contributed by atoms with Crippen molar-refractivity contribution in [2.75, 3.05) is 11.4 Å². The van der Waals surface area contributed by atoms with Crippen molar-refractivity contribution >= 4 is 11.4 Å². The first-order valence-corrected chi connectivity index (χ1v) is 6.75. The van der Waals surface area contributed by atoms with E-state index in [1.54, 1.807) is 6.92 Å². The van der Waals surface area contributed by atoms with Gasteiger partial charge in [-0.05, 0) is 43.5 Å². The summed E-state index contributed by atoms with van der Waals surface area (Å²) in [6, 6.07) is 12.5. The van der Waals surface area contributed by atoms with Crippen LogP contribution in [0.5, 0.6) is 0 Å². The van der Waals surface area contributed by atoms with Crippen LogP contribution in [0.15, 0.2) is 42.6 Å². The highest BCUT2D eigenvalue weighted by molar-refractivity contribution is 5.67. The van der Waals surface area contributed by atoms with Crippen LogP contribution >= 0.6 is 0 Å². The molecular formula is C16H18N2O. The second kappa shape index (κ2) is 5.02. The van der Waals surface area contributed by atoms with Gasteiger partial charge in [0.05, 0.1) is 23.7 Å². The van der Waals surface area contributed by atoms with Crippen molar-refractivity contribution in [3.8, 4) is 0 Å². The smallest absolute Gasteiger partial charge is 0.0931 e. The second-order valence-electron chi connectivity index (χ2n) is 5.00. The largest absolute Gasteiger partial charge is 0.387 e. The fourth-order valence-corrected chi connectivity index (χ4v) is 2.61. The number of aliphatic hydroxyl groups is 1. The monoisotopic (exact) mass is 254 g/mol. The topological polar surface area (TPSA) is 36.4 Å². The number of rotatable bonds is 2. The van der Waals surface area contributed by atoms with E-state index in [0.717, 1.165) is 25.1 Å². The Balaban J connectivity index is 1.95. The van der Waals surface area contributed by atoms with Gasteiger partial charge in [-0.15, -0.1) is 0 Å². The zero-order valence-corrected chi connectivity index (χ0v) is 11.1. The molecule has 1 aliphatic rings. The first-order valence-electron chi connectivity index (χ1n) is 6.75. The molecule has 3 rings (SSSR count). The van der Waals surface area contributed by atoms with Gasteiger partial charge < -0.3 is 10.0 Å². The summed E-state index contributed by atoms with van der Waals surface area (Å²) < 4.78 is 0. The second-order valence-corrected chi connectivity index (χ2v) is 5.00. The van der Waals surface area contributed by atoms with E-state index in [1.807, 2.05) is 18.3 Å². The van der Waals surface area contributed by atoms with Crippen molar-refractivity contribution in [1.29, 1.82) is 0 Å². The fraction of sp³-hybridized carbons (Fsp3) is 0.312. The number of aliphatic hydroxyl groups excluding tert-OH is 1. The maximum absolute atomic E-state index is 9.51. The minimum absolute atomic E-state index is 0.511. The number of benzene rings is 1. The average molecular weight is 254 g/mol. The third kappa shape index (κ3) is 2.34. The molecule has 98 valence electrons. The summed E-state index contributed by atoms with van der Waals surface area (Å²) in [5.41, 5.74) is 4.49. The quantitative estimate of drug-likeness (QED) is 0.894. The number of nitrogens with zero attached hydrogens (tertiary/aromatic N) is 2. The van der Waals surface area contributed by atoms with Gasteiger partial charge >= 0.3 is 0 Å². The van der Waals surface area contributed by atoms with Gasteiger partial charge in [0, 0.05) is 12.2 Å². The summed E-state index contributed by atoms with van der Waals surface area (Å²) in [6.45, 7) is 2.75. The molecule has 0 radical (unpaired) electrons. The molecular weight excluding hydrogens is 236 g/mol. The summed E-state index contributed by atoms with van der Waals surface area (Å²) in [6.07, 6.45) is 3.65. The molecule has 19 heavy (non-hydrogen) atoms. The number of pyridine rings is 1. The zero-order valence-electron chi connectivity index (χ0n) is 11.1. The molecule has 1 N–H and O–H groups in total. The van der Waals surface area contributed by atoms with E-state index < -0.39 is 6.10 Å². The highest BCUT2D eigenvalue weighted by Crippen LogP contribution is 2.32. The predicted molar refractivity (Wildman–Crippen MR) is 76.6 cm³/mol. The number of para-hydroxylation sites is 1. The molecule has 3 heteroatoms. The summed E-state index contributed by atoms with van der Waals surface area (Å²) in [7, 11) is 0. The molecule has 0 amide bonds. The van der Waals surface area contributed by atoms with Gasteiger partial charge in [0.1, 0.15) is 0 Å². The highest BCUT2D eigenvalue weighted by Gasteiger charge is 2.17. The van der Waals surface area contributed by atoms with Gasteiger partial charge in [-0.25, -0.2) is 0 Å². The highest BCUT2D eigenvalue weighted by atomic mass is 16.3. The van der Waals surface area contributed by atoms with E-state index >= 15 is 0 Å². The van der Waals surface area contributed by atoms with Crippen LogP contribution in [0.4, 0.5) is 11.4 Å². The van der Waals surface area contributed by atoms with Crippen molar-refractivity contribution in [2.45, 2.75) is 25.9 Å². The molecule has 1 unspecified atom stereocenters. The fourth-order valence-electron chi connectivity index (χ4n) is 2.61. The Morgan fingerprint density at radius 2 is 2.05 bits per heavy atom. The maximum Gasteiger partial charge on any atom is 0.0931 e. The third-order valence-corrected chi connectivity index (χ3v) is 3.62. The lowest BCUT2D eigenvalue weighted by Gasteiger charge is -2.31. The van der Waals surface area contributed by atoms with Crippen molar-refractivity contribution in [2.24, 2.45) is 0 Å². The van der Waals surface area contributed by atoms with Gasteiger partial charge in [-0.1, -0.05) is 18.2 Å². The van der Waals surface area contributed by atoms with Crippen LogP contribution in [0.3, 0.4) is 0 Å². The van der Waals surface area contributed by atoms with Crippen LogP contribution in [0.2, 0.25) is 0 Å². The van der Waals surface area contributed by atoms with Crippen LogP contribution in [0.1, 0.15) is 30.7 Å². The Morgan fingerprint density at radius 3 is 2.79 bits per heavy atom. The van der Waals surface area contributed by atoms with E-state index in [-0.39, 0.29) is 0 Å². The Bertz CT molecular complexity index is 563. The van der Waals surface area contributed by atoms with Gasteiger partial charge in [0.25, 0.3) is 0 Å². The molecule has 0 fully saturated rings. The first kappa shape index (κ1) is 12.2. The predicted octanol–water partition coefficient (Wildman–Crippen LogP) is 3.22. The van der Waals surface area contributed by atoms with E-state index in [9.17, 15) is 5.11 Å². The Kier molecular flexibility index (Phi) is 3.22. The number of fused-ring (bicyclic) bond motifs is 1. The zero-order chi connectivity index (χ0) is 13.2. The van der Waals surface area contributed by atoms with Gasteiger partial charge in [-0.2, -0.15) is 0 Å². The van der Waals surface area contributed by atoms with Crippen LogP contribution in [-0.4, -0.2) is 16.6 Å². The molecule has 0 saturated heterocycles. The van der Waals surface area contributed by atoms with Crippen molar-refractivity contribution in [1.82, 2.24) is 4.98 Å². The van der Waals surface area contributed by atoms with Gasteiger partial charge in [-0.3, -0.25) is 4.98 Å². The molecule has 0 aliphatic carbocycles. The number of hydrogen-bond donors (Lipinski definition) is 1. The number of anilines is 2. The number of aryl methyl sites for hydroxylation is 1. The van der Waals surface area contributed by atoms with Crippen molar-refractivity contribution < 1.29 is 5.11 Å². The standard InChI is InChI=1S/C16H18N2O/c1-12(19)15-9-8-14(11-17-15)18-10-4-6-13-5-2-3-7-16(13)18/h2-3,5,7-9,11-12,19H,4,6,10H2,1H3. The lowest BCUT2D eigenvalue weighted by molar-refractivity contribution is 0.194. The van der Waals surface area contributed by atoms with Gasteiger partial charge in [0.15, 0.2) is 0 Å². The van der Waals surface area contributed by atoms with E-state index in [1.165, 1.54) is 11.3 Å². The number of aromatic nitrogens is 1. The summed E-state index contributed by atoms with van der Waals surface area (Å²) >= 11 is 0. The van der Waals surface area contributed by atoms with Crippen molar-refractivity contribution in [3.63, 3.8) is 0 Å². The van der Waals surface area contributed by atoms with E-state index in [4.69, 9.17) is 0 Å². The molecule has 0 spiro atoms. The molecule has 1 aromatic heterocycles. The van der Waals surface area contributed by atoms with Crippen molar-refractivity contribution in [3.05, 3.63) is 53.9 Å². The molecule has 1 atom stereocenters. The van der Waals surface area contributed by atoms with Crippen LogP contribution in [0.25, 0.3) is 0 Å². The van der Waals surface area contributed by atoms with E-state index in [2.05, 4.69) is 34.1 Å². The Morgan fingerprint density at radius 1 is 1.21 bits per heavy atom. The van der Waals surface area contributed by atoms with Crippen LogP contribution in [0, 0.1) is 0 Å². The lowest BCUT2D eigenvalue weighted by atomic mass is 10.0. The molecule has 1 aliphatic heterocycles. The average Bonchev–Trinajstić information content (AvgIpc) is 2.47.